The molecule has 1 aromatic carbocycles. The minimum atomic E-state index is -0.0788. The van der Waals surface area contributed by atoms with Crippen molar-refractivity contribution < 1.29 is 9.21 Å². The molecule has 1 saturated heterocycles. The highest BCUT2D eigenvalue weighted by Crippen LogP contribution is 2.23. The predicted octanol–water partition coefficient (Wildman–Crippen LogP) is 2.78. The molecule has 0 saturated carbocycles. The average molecular weight is 337 g/mol. The van der Waals surface area contributed by atoms with Gasteiger partial charge in [-0.05, 0) is 38.0 Å². The van der Waals surface area contributed by atoms with Crippen LogP contribution in [0.1, 0.15) is 35.0 Å². The molecule has 0 radical (unpaired) electrons. The van der Waals surface area contributed by atoms with E-state index in [1.807, 2.05) is 25.1 Å². The molecule has 0 bridgehead atoms. The maximum absolute atomic E-state index is 12.7. The molecular formula is C19H19N3O3. The summed E-state index contributed by atoms with van der Waals surface area (Å²) in [5.41, 5.74) is 1.55. The molecule has 2 aromatic heterocycles. The van der Waals surface area contributed by atoms with Crippen molar-refractivity contribution in [1.82, 2.24) is 14.5 Å². The Morgan fingerprint density at radius 1 is 1.20 bits per heavy atom. The van der Waals surface area contributed by atoms with Crippen molar-refractivity contribution in [2.75, 3.05) is 13.1 Å². The number of hydrogen-bond acceptors (Lipinski definition) is 4. The first-order valence-electron chi connectivity index (χ1n) is 8.44. The third-order valence-electron chi connectivity index (χ3n) is 4.89. The van der Waals surface area contributed by atoms with Crippen LogP contribution < -0.4 is 5.56 Å². The Morgan fingerprint density at radius 3 is 2.68 bits per heavy atom. The van der Waals surface area contributed by atoms with Gasteiger partial charge in [-0.2, -0.15) is 0 Å². The number of nitrogens with zero attached hydrogens (tertiary/aromatic N) is 3. The molecule has 128 valence electrons. The van der Waals surface area contributed by atoms with Crippen LogP contribution in [0, 0.1) is 6.92 Å². The maximum atomic E-state index is 12.7. The third-order valence-corrected chi connectivity index (χ3v) is 4.89. The van der Waals surface area contributed by atoms with Gasteiger partial charge in [-0.25, -0.2) is 4.98 Å². The second-order valence-electron chi connectivity index (χ2n) is 6.43. The molecular weight excluding hydrogens is 318 g/mol. The van der Waals surface area contributed by atoms with E-state index in [0.29, 0.717) is 29.8 Å². The van der Waals surface area contributed by atoms with Gasteiger partial charge in [-0.3, -0.25) is 14.2 Å². The molecule has 4 rings (SSSR count). The van der Waals surface area contributed by atoms with Crippen LogP contribution in [0.5, 0.6) is 0 Å². The van der Waals surface area contributed by atoms with Crippen LogP contribution in [0.2, 0.25) is 0 Å². The smallest absolute Gasteiger partial charge is 0.289 e. The number of furan rings is 1. The zero-order valence-electron chi connectivity index (χ0n) is 14.0. The summed E-state index contributed by atoms with van der Waals surface area (Å²) in [5.74, 6) is 0.327. The molecule has 0 unspecified atom stereocenters. The van der Waals surface area contributed by atoms with Gasteiger partial charge in [0, 0.05) is 24.7 Å². The van der Waals surface area contributed by atoms with Crippen LogP contribution in [-0.4, -0.2) is 33.4 Å². The Labute approximate surface area is 144 Å². The lowest BCUT2D eigenvalue weighted by Crippen LogP contribution is -2.41. The fourth-order valence-corrected chi connectivity index (χ4v) is 3.43. The zero-order valence-corrected chi connectivity index (χ0v) is 14.0. The van der Waals surface area contributed by atoms with E-state index in [-0.39, 0.29) is 17.5 Å². The van der Waals surface area contributed by atoms with Gasteiger partial charge in [0.1, 0.15) is 0 Å². The van der Waals surface area contributed by atoms with Gasteiger partial charge in [0.2, 0.25) is 0 Å². The van der Waals surface area contributed by atoms with Crippen LogP contribution in [-0.2, 0) is 0 Å². The molecule has 3 aromatic rings. The number of carbonyl (C=O) groups is 1. The second-order valence-corrected chi connectivity index (χ2v) is 6.43. The zero-order chi connectivity index (χ0) is 17.4. The number of benzene rings is 1. The van der Waals surface area contributed by atoms with Crippen molar-refractivity contribution in [1.29, 1.82) is 0 Å². The van der Waals surface area contributed by atoms with Crippen molar-refractivity contribution >= 4 is 16.8 Å². The monoisotopic (exact) mass is 337 g/mol. The standard InChI is InChI=1S/C19H19N3O3/c1-13-8-11-25-17(13)19(24)21-9-6-14(7-10-21)22-12-20-16-5-3-2-4-15(16)18(22)23/h2-5,8,11-12,14H,6-7,9-10H2,1H3. The number of carbonyl (C=O) groups excluding carboxylic acids is 1. The molecule has 1 aliphatic heterocycles. The molecule has 0 atom stereocenters. The van der Waals surface area contributed by atoms with Crippen molar-refractivity contribution in [3.63, 3.8) is 0 Å². The Morgan fingerprint density at radius 2 is 1.96 bits per heavy atom. The highest BCUT2D eigenvalue weighted by molar-refractivity contribution is 5.92. The van der Waals surface area contributed by atoms with Crippen molar-refractivity contribution in [3.8, 4) is 0 Å². The number of aromatic nitrogens is 2. The number of likely N-dealkylation sites (tertiary alicyclic amines) is 1. The first kappa shape index (κ1) is 15.6. The summed E-state index contributed by atoms with van der Waals surface area (Å²) < 4.78 is 7.01. The van der Waals surface area contributed by atoms with Crippen LogP contribution in [0.25, 0.3) is 10.9 Å². The first-order valence-corrected chi connectivity index (χ1v) is 8.44. The number of aryl methyl sites for hydroxylation is 1. The molecule has 1 fully saturated rings. The van der Waals surface area contributed by atoms with Gasteiger partial charge >= 0.3 is 0 Å². The lowest BCUT2D eigenvalue weighted by Gasteiger charge is -2.32. The normalized spacial score (nSPS) is 15.6. The van der Waals surface area contributed by atoms with Crippen LogP contribution in [0.4, 0.5) is 0 Å². The number of amides is 1. The minimum absolute atomic E-state index is 0.0164. The van der Waals surface area contributed by atoms with E-state index in [2.05, 4.69) is 4.98 Å². The van der Waals surface area contributed by atoms with E-state index in [1.165, 1.54) is 6.26 Å². The van der Waals surface area contributed by atoms with Crippen LogP contribution in [0.15, 0.2) is 52.1 Å². The fraction of sp³-hybridized carbons (Fsp3) is 0.316. The highest BCUT2D eigenvalue weighted by Gasteiger charge is 2.27. The largest absolute Gasteiger partial charge is 0.459 e. The van der Waals surface area contributed by atoms with Crippen molar-refractivity contribution in [2.45, 2.75) is 25.8 Å². The summed E-state index contributed by atoms with van der Waals surface area (Å²) in [6.45, 7) is 3.07. The fourth-order valence-electron chi connectivity index (χ4n) is 3.43. The summed E-state index contributed by atoms with van der Waals surface area (Å²) in [6.07, 6.45) is 4.62. The van der Waals surface area contributed by atoms with E-state index in [4.69, 9.17) is 4.42 Å². The van der Waals surface area contributed by atoms with E-state index in [0.717, 1.165) is 18.4 Å². The third kappa shape index (κ3) is 2.73. The van der Waals surface area contributed by atoms with Crippen LogP contribution >= 0.6 is 0 Å². The van der Waals surface area contributed by atoms with Gasteiger partial charge in [0.15, 0.2) is 5.76 Å². The lowest BCUT2D eigenvalue weighted by molar-refractivity contribution is 0.0660. The number of fused-ring (bicyclic) bond motifs is 1. The average Bonchev–Trinajstić information content (AvgIpc) is 3.08. The Bertz CT molecular complexity index is 981. The molecule has 6 heteroatoms. The Kier molecular flexibility index (Phi) is 3.87. The quantitative estimate of drug-likeness (QED) is 0.721. The highest BCUT2D eigenvalue weighted by atomic mass is 16.3. The van der Waals surface area contributed by atoms with Crippen molar-refractivity contribution in [3.05, 3.63) is 64.6 Å². The van der Waals surface area contributed by atoms with Crippen LogP contribution in [0.3, 0.4) is 0 Å². The van der Waals surface area contributed by atoms with E-state index < -0.39 is 0 Å². The van der Waals surface area contributed by atoms with Gasteiger partial charge in [0.25, 0.3) is 11.5 Å². The molecule has 0 aliphatic carbocycles. The van der Waals surface area contributed by atoms with Gasteiger partial charge in [0.05, 0.1) is 23.5 Å². The summed E-state index contributed by atoms with van der Waals surface area (Å²) in [4.78, 5) is 31.4. The van der Waals surface area contributed by atoms with E-state index >= 15 is 0 Å². The molecule has 0 N–H and O–H groups in total. The van der Waals surface area contributed by atoms with Gasteiger partial charge in [-0.1, -0.05) is 12.1 Å². The topological polar surface area (TPSA) is 68.3 Å². The molecule has 3 heterocycles. The van der Waals surface area contributed by atoms with Crippen molar-refractivity contribution in [2.24, 2.45) is 0 Å². The maximum Gasteiger partial charge on any atom is 0.289 e. The van der Waals surface area contributed by atoms with Gasteiger partial charge < -0.3 is 9.32 Å². The summed E-state index contributed by atoms with van der Waals surface area (Å²) >= 11 is 0. The second kappa shape index (κ2) is 6.20. The number of piperidine rings is 1. The first-order chi connectivity index (χ1) is 12.1. The Balaban J connectivity index is 1.53. The summed E-state index contributed by atoms with van der Waals surface area (Å²) in [5, 5.41) is 0.634. The summed E-state index contributed by atoms with van der Waals surface area (Å²) in [7, 11) is 0. The molecule has 0 spiro atoms. The SMILES string of the molecule is Cc1ccoc1C(=O)N1CCC(n2cnc3ccccc3c2=O)CC1. The van der Waals surface area contributed by atoms with Gasteiger partial charge in [-0.15, -0.1) is 0 Å². The molecule has 25 heavy (non-hydrogen) atoms. The van der Waals surface area contributed by atoms with E-state index in [1.54, 1.807) is 27.9 Å². The summed E-state index contributed by atoms with van der Waals surface area (Å²) in [6, 6.07) is 9.22. The predicted molar refractivity (Wildman–Crippen MR) is 93.6 cm³/mol. The number of rotatable bonds is 2. The van der Waals surface area contributed by atoms with E-state index in [9.17, 15) is 9.59 Å². The number of para-hydroxylation sites is 1. The molecule has 1 amide bonds. The lowest BCUT2D eigenvalue weighted by atomic mass is 10.0. The molecule has 6 nitrogen and oxygen atoms in total. The molecule has 1 aliphatic rings. The Hall–Kier alpha value is -2.89. The number of hydrogen-bond donors (Lipinski definition) is 0. The minimum Gasteiger partial charge on any atom is -0.459 e.